The van der Waals surface area contributed by atoms with Crippen LogP contribution in [0.5, 0.6) is 0 Å². The summed E-state index contributed by atoms with van der Waals surface area (Å²) in [4.78, 5) is 29.5. The van der Waals surface area contributed by atoms with Crippen molar-refractivity contribution in [2.45, 2.75) is 24.7 Å². The number of amides is 1. The van der Waals surface area contributed by atoms with Crippen LogP contribution in [-0.2, 0) is 17.9 Å². The molecule has 146 valence electrons. The van der Waals surface area contributed by atoms with E-state index in [1.807, 2.05) is 18.2 Å². The lowest BCUT2D eigenvalue weighted by Crippen LogP contribution is -2.27. The van der Waals surface area contributed by atoms with Crippen molar-refractivity contribution in [3.8, 4) is 0 Å². The fourth-order valence-corrected chi connectivity index (χ4v) is 3.65. The highest BCUT2D eigenvalue weighted by atomic mass is 35.5. The molecule has 1 amide bonds. The highest BCUT2D eigenvalue weighted by Gasteiger charge is 2.13. The van der Waals surface area contributed by atoms with Crippen molar-refractivity contribution < 1.29 is 9.90 Å². The van der Waals surface area contributed by atoms with Crippen LogP contribution in [-0.4, -0.2) is 32.9 Å². The molecule has 0 spiro atoms. The number of para-hydroxylation sites is 1. The summed E-state index contributed by atoms with van der Waals surface area (Å²) < 4.78 is 1.52. The SMILES string of the molecule is O=C(CSc1nc2ccccc2c(=O)n1CCCO)NCc1ccc(Cl)cc1. The van der Waals surface area contributed by atoms with E-state index in [-0.39, 0.29) is 23.8 Å². The average Bonchev–Trinajstić information content (AvgIpc) is 2.71. The van der Waals surface area contributed by atoms with Crippen molar-refractivity contribution in [2.75, 3.05) is 12.4 Å². The van der Waals surface area contributed by atoms with Gasteiger partial charge in [0.25, 0.3) is 5.56 Å². The summed E-state index contributed by atoms with van der Waals surface area (Å²) in [6.45, 7) is 0.728. The van der Waals surface area contributed by atoms with Gasteiger partial charge in [0.2, 0.25) is 5.91 Å². The predicted molar refractivity (Wildman–Crippen MR) is 112 cm³/mol. The third-order valence-electron chi connectivity index (χ3n) is 4.10. The molecule has 6 nitrogen and oxygen atoms in total. The first kappa shape index (κ1) is 20.4. The van der Waals surface area contributed by atoms with E-state index in [4.69, 9.17) is 16.7 Å². The van der Waals surface area contributed by atoms with Gasteiger partial charge in [-0.25, -0.2) is 4.98 Å². The molecular weight excluding hydrogens is 398 g/mol. The van der Waals surface area contributed by atoms with E-state index in [1.165, 1.54) is 16.3 Å². The Hall–Kier alpha value is -2.35. The second-order valence-corrected chi connectivity index (χ2v) is 7.52. The van der Waals surface area contributed by atoms with Crippen molar-refractivity contribution in [2.24, 2.45) is 0 Å². The number of hydrogen-bond donors (Lipinski definition) is 2. The van der Waals surface area contributed by atoms with Crippen LogP contribution in [0.4, 0.5) is 0 Å². The van der Waals surface area contributed by atoms with Gasteiger partial charge < -0.3 is 10.4 Å². The van der Waals surface area contributed by atoms with Crippen LogP contribution in [0.2, 0.25) is 5.02 Å². The van der Waals surface area contributed by atoms with E-state index >= 15 is 0 Å². The molecule has 0 aliphatic carbocycles. The number of aliphatic hydroxyl groups is 1. The number of carbonyl (C=O) groups is 1. The minimum absolute atomic E-state index is 0.0229. The zero-order valence-electron chi connectivity index (χ0n) is 15.1. The number of hydrogen-bond acceptors (Lipinski definition) is 5. The molecule has 0 aliphatic rings. The number of benzene rings is 2. The van der Waals surface area contributed by atoms with E-state index in [1.54, 1.807) is 30.3 Å². The van der Waals surface area contributed by atoms with Crippen molar-refractivity contribution >= 4 is 40.2 Å². The molecule has 3 rings (SSSR count). The van der Waals surface area contributed by atoms with Crippen LogP contribution < -0.4 is 10.9 Å². The maximum absolute atomic E-state index is 12.8. The molecule has 0 aliphatic heterocycles. The first-order valence-electron chi connectivity index (χ1n) is 8.83. The van der Waals surface area contributed by atoms with E-state index in [0.29, 0.717) is 40.6 Å². The Morgan fingerprint density at radius 2 is 1.93 bits per heavy atom. The van der Waals surface area contributed by atoms with Gasteiger partial charge >= 0.3 is 0 Å². The lowest BCUT2D eigenvalue weighted by molar-refractivity contribution is -0.118. The first-order chi connectivity index (χ1) is 13.6. The number of fused-ring (bicyclic) bond motifs is 1. The zero-order chi connectivity index (χ0) is 19.9. The lowest BCUT2D eigenvalue weighted by atomic mass is 10.2. The highest BCUT2D eigenvalue weighted by molar-refractivity contribution is 7.99. The quantitative estimate of drug-likeness (QED) is 0.435. The maximum Gasteiger partial charge on any atom is 0.262 e. The van der Waals surface area contributed by atoms with Crippen molar-refractivity contribution in [1.82, 2.24) is 14.9 Å². The van der Waals surface area contributed by atoms with Crippen LogP contribution in [0, 0.1) is 0 Å². The van der Waals surface area contributed by atoms with Crippen molar-refractivity contribution in [1.29, 1.82) is 0 Å². The summed E-state index contributed by atoms with van der Waals surface area (Å²) in [5, 5.41) is 13.6. The number of carbonyl (C=O) groups excluding carboxylic acids is 1. The molecule has 0 atom stereocenters. The number of halogens is 1. The molecule has 2 N–H and O–H groups in total. The van der Waals surface area contributed by atoms with Gasteiger partial charge in [0.05, 0.1) is 16.7 Å². The number of rotatable bonds is 8. The van der Waals surface area contributed by atoms with Crippen molar-refractivity contribution in [3.05, 3.63) is 69.5 Å². The Morgan fingerprint density at radius 1 is 1.18 bits per heavy atom. The monoisotopic (exact) mass is 417 g/mol. The summed E-state index contributed by atoms with van der Waals surface area (Å²) in [7, 11) is 0. The molecule has 0 saturated carbocycles. The van der Waals surface area contributed by atoms with Gasteiger partial charge in [0.1, 0.15) is 0 Å². The van der Waals surface area contributed by atoms with Crippen LogP contribution in [0.3, 0.4) is 0 Å². The van der Waals surface area contributed by atoms with Crippen LogP contribution in [0.1, 0.15) is 12.0 Å². The van der Waals surface area contributed by atoms with Gasteiger partial charge in [0.15, 0.2) is 5.16 Å². The molecule has 28 heavy (non-hydrogen) atoms. The minimum atomic E-state index is -0.164. The van der Waals surface area contributed by atoms with Gasteiger partial charge in [-0.3, -0.25) is 14.2 Å². The second kappa shape index (κ2) is 9.73. The largest absolute Gasteiger partial charge is 0.396 e. The molecule has 0 unspecified atom stereocenters. The third-order valence-corrected chi connectivity index (χ3v) is 5.33. The van der Waals surface area contributed by atoms with E-state index in [9.17, 15) is 9.59 Å². The highest BCUT2D eigenvalue weighted by Crippen LogP contribution is 2.18. The summed E-state index contributed by atoms with van der Waals surface area (Å²) in [5.74, 6) is -0.0200. The standard InChI is InChI=1S/C20H20ClN3O3S/c21-15-8-6-14(7-9-15)12-22-18(26)13-28-20-23-17-5-2-1-4-16(17)19(27)24(20)10-3-11-25/h1-2,4-9,25H,3,10-13H2,(H,22,26). The van der Waals surface area contributed by atoms with Crippen LogP contribution >= 0.6 is 23.4 Å². The third kappa shape index (κ3) is 5.13. The molecule has 0 bridgehead atoms. The number of nitrogens with zero attached hydrogens (tertiary/aromatic N) is 2. The Morgan fingerprint density at radius 3 is 2.68 bits per heavy atom. The summed E-state index contributed by atoms with van der Waals surface area (Å²) in [5.41, 5.74) is 1.38. The normalized spacial score (nSPS) is 10.9. The Kier molecular flexibility index (Phi) is 7.08. The van der Waals surface area contributed by atoms with E-state index in [0.717, 1.165) is 5.56 Å². The topological polar surface area (TPSA) is 84.2 Å². The van der Waals surface area contributed by atoms with Gasteiger partial charge in [-0.2, -0.15) is 0 Å². The van der Waals surface area contributed by atoms with Crippen molar-refractivity contribution in [3.63, 3.8) is 0 Å². The molecule has 0 fully saturated rings. The molecule has 0 radical (unpaired) electrons. The smallest absolute Gasteiger partial charge is 0.262 e. The number of aliphatic hydroxyl groups excluding tert-OH is 1. The van der Waals surface area contributed by atoms with E-state index < -0.39 is 0 Å². The summed E-state index contributed by atoms with van der Waals surface area (Å²) >= 11 is 7.07. The molecule has 2 aromatic carbocycles. The van der Waals surface area contributed by atoms with Gasteiger partial charge in [0, 0.05) is 24.7 Å². The molecule has 0 saturated heterocycles. The van der Waals surface area contributed by atoms with Crippen LogP contribution in [0.25, 0.3) is 10.9 Å². The van der Waals surface area contributed by atoms with Gasteiger partial charge in [-0.05, 0) is 36.2 Å². The molecule has 3 aromatic rings. The fourth-order valence-electron chi connectivity index (χ4n) is 2.67. The number of thioether (sulfide) groups is 1. The van der Waals surface area contributed by atoms with Gasteiger partial charge in [-0.1, -0.05) is 47.6 Å². The fraction of sp³-hybridized carbons (Fsp3) is 0.250. The molecular formula is C20H20ClN3O3S. The maximum atomic E-state index is 12.8. The lowest BCUT2D eigenvalue weighted by Gasteiger charge is -2.12. The van der Waals surface area contributed by atoms with Crippen LogP contribution in [0.15, 0.2) is 58.5 Å². The summed E-state index contributed by atoms with van der Waals surface area (Å²) in [6.07, 6.45) is 0.441. The summed E-state index contributed by atoms with van der Waals surface area (Å²) in [6, 6.07) is 14.4. The van der Waals surface area contributed by atoms with Gasteiger partial charge in [-0.15, -0.1) is 0 Å². The molecule has 1 aromatic heterocycles. The first-order valence-corrected chi connectivity index (χ1v) is 10.2. The Balaban J connectivity index is 1.70. The molecule has 1 heterocycles. The number of aromatic nitrogens is 2. The Bertz CT molecular complexity index is 1020. The second-order valence-electron chi connectivity index (χ2n) is 6.14. The van der Waals surface area contributed by atoms with E-state index in [2.05, 4.69) is 10.3 Å². The number of nitrogens with one attached hydrogen (secondary N) is 1. The predicted octanol–water partition coefficient (Wildman–Crippen LogP) is 2.84. The Labute approximate surface area is 171 Å². The minimum Gasteiger partial charge on any atom is -0.396 e. The zero-order valence-corrected chi connectivity index (χ0v) is 16.7. The average molecular weight is 418 g/mol. The molecule has 8 heteroatoms.